The fourth-order valence-corrected chi connectivity index (χ4v) is 5.54. The third-order valence-electron chi connectivity index (χ3n) is 3.92. The number of anilines is 1. The average molecular weight is 434 g/mol. The Morgan fingerprint density at radius 2 is 2.21 bits per heavy atom. The van der Waals surface area contributed by atoms with Crippen LogP contribution in [0.25, 0.3) is 10.2 Å². The number of thiazole rings is 1. The Kier molecular flexibility index (Phi) is 7.52. The number of aromatic nitrogens is 4. The number of allylic oxidation sites excluding steroid dienone is 1. The number of benzene rings is 1. The van der Waals surface area contributed by atoms with Crippen LogP contribution in [0.2, 0.25) is 0 Å². The van der Waals surface area contributed by atoms with E-state index >= 15 is 0 Å². The summed E-state index contributed by atoms with van der Waals surface area (Å²) in [5, 5.41) is 11.9. The minimum atomic E-state index is -0.0720. The third-order valence-corrected chi connectivity index (χ3v) is 7.14. The van der Waals surface area contributed by atoms with E-state index in [9.17, 15) is 4.79 Å². The fourth-order valence-electron chi connectivity index (χ4n) is 2.48. The Morgan fingerprint density at radius 1 is 1.36 bits per heavy atom. The van der Waals surface area contributed by atoms with Crippen molar-refractivity contribution in [2.75, 3.05) is 16.8 Å². The lowest BCUT2D eigenvalue weighted by atomic mass is 10.3. The highest BCUT2D eigenvalue weighted by molar-refractivity contribution is 8.01. The molecule has 0 spiro atoms. The molecule has 1 amide bonds. The van der Waals surface area contributed by atoms with Crippen molar-refractivity contribution in [1.82, 2.24) is 19.7 Å². The molecule has 1 aromatic carbocycles. The second-order valence-electron chi connectivity index (χ2n) is 6.13. The van der Waals surface area contributed by atoms with Crippen LogP contribution in [-0.2, 0) is 11.3 Å². The number of carbonyl (C=O) groups excluding carboxylic acids is 1. The van der Waals surface area contributed by atoms with E-state index < -0.39 is 0 Å². The first-order valence-electron chi connectivity index (χ1n) is 9.07. The zero-order valence-electron chi connectivity index (χ0n) is 16.0. The van der Waals surface area contributed by atoms with Gasteiger partial charge in [0.15, 0.2) is 9.50 Å². The van der Waals surface area contributed by atoms with Crippen molar-refractivity contribution < 1.29 is 4.79 Å². The molecule has 0 bridgehead atoms. The van der Waals surface area contributed by atoms with E-state index in [0.29, 0.717) is 6.54 Å². The molecule has 3 rings (SSSR count). The van der Waals surface area contributed by atoms with Crippen LogP contribution in [0.3, 0.4) is 0 Å². The number of carbonyl (C=O) groups is 1. The van der Waals surface area contributed by atoms with Crippen molar-refractivity contribution >= 4 is 56.7 Å². The molecule has 0 radical (unpaired) electrons. The van der Waals surface area contributed by atoms with Crippen LogP contribution in [-0.4, -0.2) is 37.2 Å². The Bertz CT molecular complexity index is 966. The number of amides is 1. The Balaban J connectivity index is 1.59. The molecule has 0 aliphatic carbocycles. The fraction of sp³-hybridized carbons (Fsp3) is 0.368. The number of rotatable bonds is 10. The third kappa shape index (κ3) is 5.36. The predicted molar refractivity (Wildman–Crippen MR) is 120 cm³/mol. The van der Waals surface area contributed by atoms with Gasteiger partial charge in [0.2, 0.25) is 5.91 Å². The zero-order chi connectivity index (χ0) is 19.9. The summed E-state index contributed by atoms with van der Waals surface area (Å²) in [6, 6.07) is 5.85. The topological polar surface area (TPSA) is 72.7 Å². The molecule has 0 unspecified atom stereocenters. The minimum Gasteiger partial charge on any atom is -0.325 e. The molecule has 6 nitrogen and oxygen atoms in total. The van der Waals surface area contributed by atoms with Gasteiger partial charge < -0.3 is 9.88 Å². The van der Waals surface area contributed by atoms with Crippen molar-refractivity contribution in [2.24, 2.45) is 0 Å². The van der Waals surface area contributed by atoms with Crippen molar-refractivity contribution in [2.45, 2.75) is 42.7 Å². The van der Waals surface area contributed by atoms with Crippen LogP contribution < -0.4 is 5.32 Å². The highest BCUT2D eigenvalue weighted by Crippen LogP contribution is 2.31. The summed E-state index contributed by atoms with van der Waals surface area (Å²) in [6.07, 6.45) is 4.18. The molecule has 0 saturated carbocycles. The minimum absolute atomic E-state index is 0.0720. The summed E-state index contributed by atoms with van der Waals surface area (Å²) in [6.45, 7) is 8.45. The van der Waals surface area contributed by atoms with Gasteiger partial charge in [-0.25, -0.2) is 4.98 Å². The van der Waals surface area contributed by atoms with Gasteiger partial charge in [-0.1, -0.05) is 42.9 Å². The standard InChI is InChI=1S/C19H23N5OS3/c1-4-6-10-26-19-21-15-8-7-14(11-16(15)28-19)20-17(25)12-27-18-23-22-13(3)24(18)9-5-2/h5,7-8,11H,2,4,6,9-10,12H2,1,3H3,(H,20,25). The van der Waals surface area contributed by atoms with Gasteiger partial charge in [-0.3, -0.25) is 4.79 Å². The molecule has 9 heteroatoms. The average Bonchev–Trinajstić information content (AvgIpc) is 3.24. The summed E-state index contributed by atoms with van der Waals surface area (Å²) in [5.74, 6) is 2.10. The van der Waals surface area contributed by atoms with Crippen molar-refractivity contribution in [3.05, 3.63) is 36.7 Å². The van der Waals surface area contributed by atoms with Crippen LogP contribution in [0.4, 0.5) is 5.69 Å². The highest BCUT2D eigenvalue weighted by Gasteiger charge is 2.12. The molecule has 2 aromatic heterocycles. The lowest BCUT2D eigenvalue weighted by molar-refractivity contribution is -0.113. The van der Waals surface area contributed by atoms with E-state index in [4.69, 9.17) is 0 Å². The summed E-state index contributed by atoms with van der Waals surface area (Å²) in [5.41, 5.74) is 1.76. The number of fused-ring (bicyclic) bond motifs is 1. The van der Waals surface area contributed by atoms with Crippen LogP contribution in [0.1, 0.15) is 25.6 Å². The SMILES string of the molecule is C=CCn1c(C)nnc1SCC(=O)Nc1ccc2nc(SCCCC)sc2c1. The van der Waals surface area contributed by atoms with Crippen molar-refractivity contribution in [3.63, 3.8) is 0 Å². The first-order chi connectivity index (χ1) is 13.6. The second-order valence-corrected chi connectivity index (χ2v) is 9.45. The van der Waals surface area contributed by atoms with E-state index in [0.717, 1.165) is 37.0 Å². The molecular formula is C19H23N5OS3. The molecule has 2 heterocycles. The first-order valence-corrected chi connectivity index (χ1v) is 11.9. The molecule has 28 heavy (non-hydrogen) atoms. The Morgan fingerprint density at radius 3 is 3.00 bits per heavy atom. The zero-order valence-corrected chi connectivity index (χ0v) is 18.4. The number of unbranched alkanes of at least 4 members (excludes halogenated alkanes) is 1. The van der Waals surface area contributed by atoms with Gasteiger partial charge >= 0.3 is 0 Å². The first kappa shape index (κ1) is 20.9. The molecule has 148 valence electrons. The number of hydrogen-bond donors (Lipinski definition) is 1. The Hall–Kier alpha value is -1.84. The number of nitrogens with zero attached hydrogens (tertiary/aromatic N) is 4. The number of hydrogen-bond acceptors (Lipinski definition) is 7. The molecule has 0 atom stereocenters. The smallest absolute Gasteiger partial charge is 0.234 e. The maximum Gasteiger partial charge on any atom is 0.234 e. The molecule has 3 aromatic rings. The van der Waals surface area contributed by atoms with E-state index in [1.807, 2.05) is 29.7 Å². The Labute approximate surface area is 177 Å². The van der Waals surface area contributed by atoms with E-state index in [1.54, 1.807) is 29.2 Å². The number of thioether (sulfide) groups is 2. The summed E-state index contributed by atoms with van der Waals surface area (Å²) in [7, 11) is 0. The van der Waals surface area contributed by atoms with Crippen LogP contribution in [0.15, 0.2) is 40.4 Å². The summed E-state index contributed by atoms with van der Waals surface area (Å²) in [4.78, 5) is 17.0. The number of aryl methyl sites for hydroxylation is 1. The molecule has 0 saturated heterocycles. The van der Waals surface area contributed by atoms with Gasteiger partial charge in [-0.05, 0) is 31.5 Å². The van der Waals surface area contributed by atoms with Crippen LogP contribution in [0, 0.1) is 6.92 Å². The lowest BCUT2D eigenvalue weighted by Gasteiger charge is -2.06. The van der Waals surface area contributed by atoms with Gasteiger partial charge in [0.25, 0.3) is 0 Å². The molecule has 0 aliphatic rings. The summed E-state index contributed by atoms with van der Waals surface area (Å²) < 4.78 is 4.11. The maximum atomic E-state index is 12.4. The summed E-state index contributed by atoms with van der Waals surface area (Å²) >= 11 is 4.84. The van der Waals surface area contributed by atoms with E-state index in [2.05, 4.69) is 34.0 Å². The lowest BCUT2D eigenvalue weighted by Crippen LogP contribution is -2.14. The quantitative estimate of drug-likeness (QED) is 0.275. The van der Waals surface area contributed by atoms with Gasteiger partial charge in [-0.15, -0.1) is 28.1 Å². The second kappa shape index (κ2) is 10.1. The molecule has 1 N–H and O–H groups in total. The molecule has 0 fully saturated rings. The van der Waals surface area contributed by atoms with Crippen molar-refractivity contribution in [1.29, 1.82) is 0 Å². The molecule has 0 aliphatic heterocycles. The number of nitrogens with one attached hydrogen (secondary N) is 1. The molecular weight excluding hydrogens is 410 g/mol. The maximum absolute atomic E-state index is 12.4. The van der Waals surface area contributed by atoms with Gasteiger partial charge in [0.1, 0.15) is 5.82 Å². The van der Waals surface area contributed by atoms with Crippen LogP contribution >= 0.6 is 34.9 Å². The van der Waals surface area contributed by atoms with Crippen molar-refractivity contribution in [3.8, 4) is 0 Å². The monoisotopic (exact) mass is 433 g/mol. The predicted octanol–water partition coefficient (Wildman–Crippen LogP) is 5.01. The largest absolute Gasteiger partial charge is 0.325 e. The van der Waals surface area contributed by atoms with Gasteiger partial charge in [-0.2, -0.15) is 0 Å². The highest BCUT2D eigenvalue weighted by atomic mass is 32.2. The van der Waals surface area contributed by atoms with Gasteiger partial charge in [0, 0.05) is 18.0 Å². The van der Waals surface area contributed by atoms with Gasteiger partial charge in [0.05, 0.1) is 16.0 Å². The van der Waals surface area contributed by atoms with E-state index in [-0.39, 0.29) is 11.7 Å². The van der Waals surface area contributed by atoms with Crippen LogP contribution in [0.5, 0.6) is 0 Å². The normalized spacial score (nSPS) is 11.1. The van der Waals surface area contributed by atoms with E-state index in [1.165, 1.54) is 24.6 Å².